The maximum Gasteiger partial charge on any atom is 0.270 e. The molecule has 2 amide bonds. The molecule has 0 spiro atoms. The highest BCUT2D eigenvalue weighted by Gasteiger charge is 2.36. The van der Waals surface area contributed by atoms with Crippen LogP contribution in [0.2, 0.25) is 0 Å². The lowest BCUT2D eigenvalue weighted by molar-refractivity contribution is -0.127. The molecule has 0 saturated carbocycles. The summed E-state index contributed by atoms with van der Waals surface area (Å²) in [4.78, 5) is 25.7. The van der Waals surface area contributed by atoms with Crippen LogP contribution in [0.1, 0.15) is 13.8 Å². The number of amides is 2. The van der Waals surface area contributed by atoms with Crippen molar-refractivity contribution in [3.05, 3.63) is 42.6 Å². The fourth-order valence-electron chi connectivity index (χ4n) is 3.68. The second-order valence-electron chi connectivity index (χ2n) is 8.16. The van der Waals surface area contributed by atoms with Crippen LogP contribution in [0.15, 0.2) is 47.5 Å². The second-order valence-corrected chi connectivity index (χ2v) is 9.94. The van der Waals surface area contributed by atoms with Crippen LogP contribution in [-0.2, 0) is 26.7 Å². The lowest BCUT2D eigenvalue weighted by atomic mass is 10.2. The Morgan fingerprint density at radius 3 is 2.14 bits per heavy atom. The van der Waals surface area contributed by atoms with Crippen molar-refractivity contribution in [2.24, 2.45) is 12.8 Å². The Morgan fingerprint density at radius 2 is 1.61 bits per heavy atom. The zero-order chi connectivity index (χ0) is 26.8. The molecule has 0 fully saturated rings. The Kier molecular flexibility index (Phi) is 7.80. The predicted molar refractivity (Wildman–Crippen MR) is 135 cm³/mol. The minimum absolute atomic E-state index is 0.0652. The number of nitrogens with zero attached hydrogens (tertiary/aromatic N) is 2. The molecule has 0 saturated heterocycles. The first-order valence-electron chi connectivity index (χ1n) is 11.0. The molecule has 3 N–H and O–H groups in total. The van der Waals surface area contributed by atoms with Gasteiger partial charge in [-0.15, -0.1) is 0 Å². The van der Waals surface area contributed by atoms with Gasteiger partial charge >= 0.3 is 0 Å². The van der Waals surface area contributed by atoms with Crippen molar-refractivity contribution in [2.45, 2.75) is 30.8 Å². The van der Waals surface area contributed by atoms with Gasteiger partial charge in [-0.3, -0.25) is 9.59 Å². The fraction of sp³-hybridized carbons (Fsp3) is 0.333. The van der Waals surface area contributed by atoms with Gasteiger partial charge in [-0.2, -0.15) is 0 Å². The summed E-state index contributed by atoms with van der Waals surface area (Å²) in [6.45, 7) is 2.83. The molecule has 11 nitrogen and oxygen atoms in total. The number of hydrogen-bond donors (Lipinski definition) is 2. The van der Waals surface area contributed by atoms with Crippen LogP contribution < -0.4 is 29.6 Å². The molecular formula is C24H30N4O7S. The van der Waals surface area contributed by atoms with Crippen molar-refractivity contribution in [1.29, 1.82) is 0 Å². The summed E-state index contributed by atoms with van der Waals surface area (Å²) in [7, 11) is 1.52. The predicted octanol–water partition coefficient (Wildman–Crippen LogP) is 1.78. The van der Waals surface area contributed by atoms with E-state index >= 15 is 0 Å². The van der Waals surface area contributed by atoms with Crippen molar-refractivity contribution in [3.8, 4) is 17.2 Å². The molecule has 0 aliphatic carbocycles. The van der Waals surface area contributed by atoms with E-state index in [9.17, 15) is 18.0 Å². The highest BCUT2D eigenvalue weighted by Crippen LogP contribution is 2.42. The first-order chi connectivity index (χ1) is 17.0. The molecule has 3 aromatic rings. The third-order valence-electron chi connectivity index (χ3n) is 5.62. The van der Waals surface area contributed by atoms with Gasteiger partial charge in [0, 0.05) is 36.3 Å². The Hall–Kier alpha value is -3.77. The van der Waals surface area contributed by atoms with E-state index in [1.54, 1.807) is 18.3 Å². The number of rotatable bonds is 9. The molecule has 0 radical (unpaired) electrons. The number of nitrogens with two attached hydrogens (primary N) is 1. The molecule has 36 heavy (non-hydrogen) atoms. The Labute approximate surface area is 209 Å². The zero-order valence-corrected chi connectivity index (χ0v) is 21.8. The monoisotopic (exact) mass is 518 g/mol. The largest absolute Gasteiger partial charge is 0.493 e. The van der Waals surface area contributed by atoms with Gasteiger partial charge in [0.2, 0.25) is 11.7 Å². The van der Waals surface area contributed by atoms with Gasteiger partial charge < -0.3 is 29.8 Å². The van der Waals surface area contributed by atoms with Crippen molar-refractivity contribution in [1.82, 2.24) is 9.88 Å². The topological polar surface area (TPSA) is 142 Å². The van der Waals surface area contributed by atoms with Crippen molar-refractivity contribution < 1.29 is 32.2 Å². The van der Waals surface area contributed by atoms with Crippen LogP contribution in [0, 0.1) is 0 Å². The normalized spacial score (nSPS) is 13.1. The van der Waals surface area contributed by atoms with Crippen molar-refractivity contribution in [2.75, 3.05) is 25.6 Å². The van der Waals surface area contributed by atoms with Crippen LogP contribution in [0.5, 0.6) is 17.2 Å². The maximum atomic E-state index is 14.0. The first-order valence-corrected chi connectivity index (χ1v) is 12.4. The molecule has 12 heteroatoms. The quantitative estimate of drug-likeness (QED) is 0.437. The summed E-state index contributed by atoms with van der Waals surface area (Å²) >= 11 is 0. The number of aromatic nitrogens is 1. The molecule has 0 bridgehead atoms. The minimum Gasteiger partial charge on any atom is -0.493 e. The number of anilines is 1. The average molecular weight is 519 g/mol. The van der Waals surface area contributed by atoms with Gasteiger partial charge in [-0.1, -0.05) is 0 Å². The Bertz CT molecular complexity index is 1370. The second kappa shape index (κ2) is 10.5. The molecule has 2 atom stereocenters. The molecule has 0 aliphatic heterocycles. The Morgan fingerprint density at radius 1 is 1.00 bits per heavy atom. The first kappa shape index (κ1) is 26.8. The number of hydrogen-bond acceptors (Lipinski definition) is 8. The van der Waals surface area contributed by atoms with Gasteiger partial charge in [0.25, 0.3) is 15.9 Å². The lowest BCUT2D eigenvalue weighted by Crippen LogP contribution is -2.52. The highest BCUT2D eigenvalue weighted by molar-refractivity contribution is 7.93. The van der Waals surface area contributed by atoms with Gasteiger partial charge in [0.05, 0.1) is 38.0 Å². The maximum absolute atomic E-state index is 14.0. The number of sulfonamides is 1. The Balaban J connectivity index is 2.22. The molecule has 1 aromatic heterocycles. The minimum atomic E-state index is -4.47. The van der Waals surface area contributed by atoms with Crippen molar-refractivity contribution in [3.63, 3.8) is 0 Å². The summed E-state index contributed by atoms with van der Waals surface area (Å²) < 4.78 is 46.4. The van der Waals surface area contributed by atoms with E-state index in [1.807, 2.05) is 11.6 Å². The third-order valence-corrected chi connectivity index (χ3v) is 7.34. The summed E-state index contributed by atoms with van der Waals surface area (Å²) in [5.41, 5.74) is 6.36. The molecular weight excluding hydrogens is 488 g/mol. The van der Waals surface area contributed by atoms with Gasteiger partial charge in [-0.25, -0.2) is 12.7 Å². The third kappa shape index (κ3) is 4.95. The van der Waals surface area contributed by atoms with E-state index in [0.717, 1.165) is 5.52 Å². The zero-order valence-electron chi connectivity index (χ0n) is 20.9. The number of nitrogens with one attached hydrogen (secondary N) is 1. The summed E-state index contributed by atoms with van der Waals surface area (Å²) in [6, 6.07) is 6.89. The summed E-state index contributed by atoms with van der Waals surface area (Å²) in [5, 5.41) is 3.13. The van der Waals surface area contributed by atoms with Crippen LogP contribution in [0.3, 0.4) is 0 Å². The molecule has 0 aliphatic rings. The SMILES string of the molecule is COc1cc(N(C(=O)C(C)NC(=O)C(C)N)S(=O)(=O)c2ccc3c(ccn3C)c2)cc(OC)c1OC. The van der Waals surface area contributed by atoms with Crippen LogP contribution >= 0.6 is 0 Å². The van der Waals surface area contributed by atoms with E-state index in [0.29, 0.717) is 9.69 Å². The van der Waals surface area contributed by atoms with Gasteiger partial charge in [0.15, 0.2) is 11.5 Å². The van der Waals surface area contributed by atoms with Gasteiger partial charge in [0.1, 0.15) is 6.04 Å². The van der Waals surface area contributed by atoms with E-state index in [4.69, 9.17) is 19.9 Å². The summed E-state index contributed by atoms with van der Waals surface area (Å²) in [6.07, 6.45) is 1.80. The van der Waals surface area contributed by atoms with E-state index in [1.165, 1.54) is 59.4 Å². The lowest BCUT2D eigenvalue weighted by Gasteiger charge is -2.27. The highest BCUT2D eigenvalue weighted by atomic mass is 32.2. The van der Waals surface area contributed by atoms with Crippen LogP contribution in [-0.4, -0.2) is 58.2 Å². The average Bonchev–Trinajstić information content (AvgIpc) is 3.22. The fourth-order valence-corrected chi connectivity index (χ4v) is 5.18. The van der Waals surface area contributed by atoms with Gasteiger partial charge in [-0.05, 0) is 38.1 Å². The van der Waals surface area contributed by atoms with Crippen molar-refractivity contribution >= 4 is 38.4 Å². The number of ether oxygens (including phenoxy) is 3. The number of methoxy groups -OCH3 is 3. The number of fused-ring (bicyclic) bond motifs is 1. The van der Waals surface area contributed by atoms with E-state index in [-0.39, 0.29) is 27.8 Å². The van der Waals surface area contributed by atoms with E-state index in [2.05, 4.69) is 5.32 Å². The molecule has 3 rings (SSSR count). The summed E-state index contributed by atoms with van der Waals surface area (Å²) in [5.74, 6) is -1.01. The number of carbonyl (C=O) groups is 2. The number of carbonyl (C=O) groups excluding carboxylic acids is 2. The van der Waals surface area contributed by atoms with Crippen LogP contribution in [0.25, 0.3) is 10.9 Å². The number of aryl methyl sites for hydroxylation is 1. The standard InChI is InChI=1S/C24H30N4O7S/c1-14(25)23(29)26-15(2)24(30)28(17-12-20(33-4)22(35-6)21(13-17)34-5)36(31,32)18-7-8-19-16(11-18)9-10-27(19)3/h7-15H,25H2,1-6H3,(H,26,29). The number of benzene rings is 2. The molecule has 1 heterocycles. The van der Waals surface area contributed by atoms with E-state index < -0.39 is 33.9 Å². The molecule has 194 valence electrons. The smallest absolute Gasteiger partial charge is 0.270 e. The molecule has 2 aromatic carbocycles. The van der Waals surface area contributed by atoms with Crippen LogP contribution in [0.4, 0.5) is 5.69 Å². The molecule has 2 unspecified atom stereocenters.